The molecule has 1 aromatic carbocycles. The summed E-state index contributed by atoms with van der Waals surface area (Å²) in [7, 11) is 0. The minimum atomic E-state index is -0.338. The van der Waals surface area contributed by atoms with Crippen LogP contribution in [0.15, 0.2) is 29.2 Å². The molecule has 0 aliphatic carbocycles. The average molecular weight is 321 g/mol. The van der Waals surface area contributed by atoms with E-state index in [1.165, 1.54) is 4.90 Å². The highest BCUT2D eigenvalue weighted by Crippen LogP contribution is 2.18. The van der Waals surface area contributed by atoms with Crippen LogP contribution in [-0.4, -0.2) is 42.6 Å². The number of amides is 2. The highest BCUT2D eigenvalue weighted by Gasteiger charge is 2.26. The van der Waals surface area contributed by atoms with E-state index >= 15 is 0 Å². The topological polar surface area (TPSA) is 75.4 Å². The molecule has 1 heterocycles. The van der Waals surface area contributed by atoms with Gasteiger partial charge in [0.1, 0.15) is 0 Å². The molecule has 5 nitrogen and oxygen atoms in total. The molecule has 2 rings (SSSR count). The van der Waals surface area contributed by atoms with E-state index in [4.69, 9.17) is 5.73 Å². The van der Waals surface area contributed by atoms with Crippen molar-refractivity contribution in [3.8, 4) is 0 Å². The van der Waals surface area contributed by atoms with Crippen LogP contribution in [0.1, 0.15) is 18.4 Å². The van der Waals surface area contributed by atoms with Crippen molar-refractivity contribution >= 4 is 23.6 Å². The number of hydrogen-bond donors (Lipinski definition) is 2. The number of carbonyl (C=O) groups excluding carboxylic acids is 2. The standard InChI is InChI=1S/C16H23N3O2S/c1-22-14-6-2-4-12(8-14)9-18-16(21)13-5-3-7-19(10-13)11-15(17)20/h2,4,6,8,13H,3,5,7,9-11H2,1H3,(H2,17,20)(H,18,21). The van der Waals surface area contributed by atoms with Gasteiger partial charge in [-0.3, -0.25) is 14.5 Å². The van der Waals surface area contributed by atoms with Gasteiger partial charge < -0.3 is 11.1 Å². The third-order valence-electron chi connectivity index (χ3n) is 3.86. The molecule has 1 aromatic rings. The molecule has 120 valence electrons. The smallest absolute Gasteiger partial charge is 0.231 e. The Morgan fingerprint density at radius 3 is 3.00 bits per heavy atom. The molecule has 0 radical (unpaired) electrons. The maximum atomic E-state index is 12.3. The Morgan fingerprint density at radius 1 is 1.45 bits per heavy atom. The third kappa shape index (κ3) is 5.03. The second kappa shape index (κ2) is 8.19. The van der Waals surface area contributed by atoms with Gasteiger partial charge in [-0.15, -0.1) is 11.8 Å². The number of nitrogens with zero attached hydrogens (tertiary/aromatic N) is 1. The summed E-state index contributed by atoms with van der Waals surface area (Å²) in [6, 6.07) is 8.16. The van der Waals surface area contributed by atoms with Crippen molar-refractivity contribution in [3.63, 3.8) is 0 Å². The number of nitrogens with one attached hydrogen (secondary N) is 1. The molecule has 0 saturated carbocycles. The van der Waals surface area contributed by atoms with E-state index in [2.05, 4.69) is 17.4 Å². The summed E-state index contributed by atoms with van der Waals surface area (Å²) < 4.78 is 0. The predicted octanol–water partition coefficient (Wildman–Crippen LogP) is 1.22. The number of nitrogens with two attached hydrogens (primary N) is 1. The SMILES string of the molecule is CSc1cccc(CNC(=O)C2CCCN(CC(N)=O)C2)c1. The molecule has 0 bridgehead atoms. The molecule has 0 aromatic heterocycles. The first-order valence-electron chi connectivity index (χ1n) is 7.50. The summed E-state index contributed by atoms with van der Waals surface area (Å²) >= 11 is 1.69. The lowest BCUT2D eigenvalue weighted by atomic mass is 9.97. The molecule has 2 amide bonds. The van der Waals surface area contributed by atoms with E-state index in [-0.39, 0.29) is 24.3 Å². The lowest BCUT2D eigenvalue weighted by Crippen LogP contribution is -2.45. The number of rotatable bonds is 6. The van der Waals surface area contributed by atoms with Gasteiger partial charge in [0.25, 0.3) is 0 Å². The number of hydrogen-bond acceptors (Lipinski definition) is 4. The summed E-state index contributed by atoms with van der Waals surface area (Å²) in [5.74, 6) is -0.338. The van der Waals surface area contributed by atoms with Crippen molar-refractivity contribution < 1.29 is 9.59 Å². The number of thioether (sulfide) groups is 1. The predicted molar refractivity (Wildman–Crippen MR) is 88.4 cm³/mol. The van der Waals surface area contributed by atoms with Gasteiger partial charge in [-0.1, -0.05) is 12.1 Å². The molecule has 3 N–H and O–H groups in total. The Kier molecular flexibility index (Phi) is 6.27. The van der Waals surface area contributed by atoms with Crippen LogP contribution >= 0.6 is 11.8 Å². The van der Waals surface area contributed by atoms with Crippen molar-refractivity contribution in [1.29, 1.82) is 0 Å². The van der Waals surface area contributed by atoms with Crippen molar-refractivity contribution in [2.24, 2.45) is 11.7 Å². The van der Waals surface area contributed by atoms with Gasteiger partial charge in [0.15, 0.2) is 0 Å². The van der Waals surface area contributed by atoms with Crippen LogP contribution in [0.3, 0.4) is 0 Å². The second-order valence-electron chi connectivity index (χ2n) is 5.61. The fourth-order valence-electron chi connectivity index (χ4n) is 2.75. The van der Waals surface area contributed by atoms with E-state index in [9.17, 15) is 9.59 Å². The van der Waals surface area contributed by atoms with Crippen molar-refractivity contribution in [3.05, 3.63) is 29.8 Å². The maximum Gasteiger partial charge on any atom is 0.231 e. The molecule has 6 heteroatoms. The van der Waals surface area contributed by atoms with Gasteiger partial charge >= 0.3 is 0 Å². The quantitative estimate of drug-likeness (QED) is 0.773. The fraction of sp³-hybridized carbons (Fsp3) is 0.500. The van der Waals surface area contributed by atoms with E-state index < -0.39 is 0 Å². The highest BCUT2D eigenvalue weighted by molar-refractivity contribution is 7.98. The number of likely N-dealkylation sites (tertiary alicyclic amines) is 1. The Labute approximate surface area is 135 Å². The molecular formula is C16H23N3O2S. The first-order chi connectivity index (χ1) is 10.6. The molecule has 1 unspecified atom stereocenters. The average Bonchev–Trinajstić information content (AvgIpc) is 2.52. The second-order valence-corrected chi connectivity index (χ2v) is 6.49. The van der Waals surface area contributed by atoms with Gasteiger partial charge in [0, 0.05) is 18.0 Å². The molecule has 1 fully saturated rings. The third-order valence-corrected chi connectivity index (χ3v) is 4.58. The van der Waals surface area contributed by atoms with Crippen LogP contribution in [0.25, 0.3) is 0 Å². The highest BCUT2D eigenvalue weighted by atomic mass is 32.2. The minimum Gasteiger partial charge on any atom is -0.369 e. The van der Waals surface area contributed by atoms with E-state index in [0.717, 1.165) is 24.9 Å². The number of benzene rings is 1. The maximum absolute atomic E-state index is 12.3. The summed E-state index contributed by atoms with van der Waals surface area (Å²) in [6.45, 7) is 2.22. The van der Waals surface area contributed by atoms with E-state index in [0.29, 0.717) is 13.1 Å². The normalized spacial score (nSPS) is 18.9. The van der Waals surface area contributed by atoms with Gasteiger partial charge in [-0.2, -0.15) is 0 Å². The van der Waals surface area contributed by atoms with Gasteiger partial charge in [-0.25, -0.2) is 0 Å². The fourth-order valence-corrected chi connectivity index (χ4v) is 3.23. The van der Waals surface area contributed by atoms with E-state index in [1.807, 2.05) is 23.3 Å². The van der Waals surface area contributed by atoms with Crippen LogP contribution in [0.5, 0.6) is 0 Å². The summed E-state index contributed by atoms with van der Waals surface area (Å²) in [6.07, 6.45) is 3.83. The summed E-state index contributed by atoms with van der Waals surface area (Å²) in [4.78, 5) is 26.4. The lowest BCUT2D eigenvalue weighted by Gasteiger charge is -2.31. The largest absolute Gasteiger partial charge is 0.369 e. The van der Waals surface area contributed by atoms with E-state index in [1.54, 1.807) is 11.8 Å². The van der Waals surface area contributed by atoms with Crippen LogP contribution in [0.2, 0.25) is 0 Å². The van der Waals surface area contributed by atoms with Crippen LogP contribution < -0.4 is 11.1 Å². The summed E-state index contributed by atoms with van der Waals surface area (Å²) in [5.41, 5.74) is 6.33. The van der Waals surface area contributed by atoms with Gasteiger partial charge in [0.05, 0.1) is 12.5 Å². The first kappa shape index (κ1) is 16.8. The molecule has 1 aliphatic heterocycles. The number of carbonyl (C=O) groups is 2. The molecule has 1 aliphatic rings. The van der Waals surface area contributed by atoms with Crippen LogP contribution in [0, 0.1) is 5.92 Å². The zero-order valence-electron chi connectivity index (χ0n) is 12.9. The first-order valence-corrected chi connectivity index (χ1v) is 8.72. The molecular weight excluding hydrogens is 298 g/mol. The zero-order valence-corrected chi connectivity index (χ0v) is 13.7. The zero-order chi connectivity index (χ0) is 15.9. The Hall–Kier alpha value is -1.53. The number of primary amides is 1. The molecule has 1 atom stereocenters. The number of piperidine rings is 1. The van der Waals surface area contributed by atoms with Gasteiger partial charge in [0.2, 0.25) is 11.8 Å². The van der Waals surface area contributed by atoms with Crippen molar-refractivity contribution in [2.75, 3.05) is 25.9 Å². The molecule has 1 saturated heterocycles. The molecule has 0 spiro atoms. The Morgan fingerprint density at radius 2 is 2.27 bits per heavy atom. The lowest BCUT2D eigenvalue weighted by molar-refractivity contribution is -0.128. The van der Waals surface area contributed by atoms with Crippen molar-refractivity contribution in [2.45, 2.75) is 24.3 Å². The Bertz CT molecular complexity index is 536. The van der Waals surface area contributed by atoms with Crippen LogP contribution in [-0.2, 0) is 16.1 Å². The van der Waals surface area contributed by atoms with Gasteiger partial charge in [-0.05, 0) is 43.3 Å². The Balaban J connectivity index is 1.84. The van der Waals surface area contributed by atoms with Crippen molar-refractivity contribution in [1.82, 2.24) is 10.2 Å². The monoisotopic (exact) mass is 321 g/mol. The summed E-state index contributed by atoms with van der Waals surface area (Å²) in [5, 5.41) is 3.00. The van der Waals surface area contributed by atoms with Crippen LogP contribution in [0.4, 0.5) is 0 Å². The molecule has 22 heavy (non-hydrogen) atoms. The minimum absolute atomic E-state index is 0.0585.